The molecule has 0 aliphatic carbocycles. The summed E-state index contributed by atoms with van der Waals surface area (Å²) in [4.78, 5) is 20.9. The number of rotatable bonds is 9. The maximum Gasteiger partial charge on any atom is 0.251 e. The second kappa shape index (κ2) is 14.4. The smallest absolute Gasteiger partial charge is 0.251 e. The van der Waals surface area contributed by atoms with Gasteiger partial charge in [-0.1, -0.05) is 0 Å². The van der Waals surface area contributed by atoms with E-state index in [4.69, 9.17) is 14.2 Å². The lowest BCUT2D eigenvalue weighted by Gasteiger charge is -2.37. The minimum atomic E-state index is -0.218. The van der Waals surface area contributed by atoms with Gasteiger partial charge < -0.3 is 29.3 Å². The van der Waals surface area contributed by atoms with Crippen LogP contribution in [0.3, 0.4) is 0 Å². The number of ether oxygens (including phenoxy) is 3. The lowest BCUT2D eigenvalue weighted by molar-refractivity contribution is -0.142. The molecule has 0 saturated carbocycles. The Hall–Kier alpha value is -0.650. The quantitative estimate of drug-likeness (QED) is 0.221. The molecule has 2 aliphatic heterocycles. The van der Waals surface area contributed by atoms with Crippen LogP contribution < -0.4 is 5.32 Å². The Morgan fingerprint density at radius 3 is 2.52 bits per heavy atom. The Labute approximate surface area is 180 Å². The molecule has 2 rings (SSSR count). The molecular formula is C18H35IN4O4. The number of unbranched alkanes of at least 4 members (excludes halogenated alkanes) is 1. The monoisotopic (exact) mass is 498 g/mol. The van der Waals surface area contributed by atoms with Gasteiger partial charge in [-0.05, 0) is 25.7 Å². The lowest BCUT2D eigenvalue weighted by atomic mass is 10.2. The first-order chi connectivity index (χ1) is 12.8. The summed E-state index contributed by atoms with van der Waals surface area (Å²) in [7, 11) is 3.48. The summed E-state index contributed by atoms with van der Waals surface area (Å²) in [6.07, 6.45) is 3.67. The first-order valence-corrected chi connectivity index (χ1v) is 9.69. The van der Waals surface area contributed by atoms with Crippen LogP contribution in [0.2, 0.25) is 0 Å². The van der Waals surface area contributed by atoms with E-state index < -0.39 is 0 Å². The molecule has 2 fully saturated rings. The highest BCUT2D eigenvalue weighted by molar-refractivity contribution is 14.0. The lowest BCUT2D eigenvalue weighted by Crippen LogP contribution is -2.55. The van der Waals surface area contributed by atoms with Gasteiger partial charge in [0.15, 0.2) is 5.96 Å². The van der Waals surface area contributed by atoms with Crippen LogP contribution in [-0.4, -0.2) is 101 Å². The van der Waals surface area contributed by atoms with Crippen molar-refractivity contribution >= 4 is 35.8 Å². The number of nitrogens with one attached hydrogen (secondary N) is 1. The largest absolute Gasteiger partial charge is 0.382 e. The summed E-state index contributed by atoms with van der Waals surface area (Å²) < 4.78 is 15.9. The molecule has 27 heavy (non-hydrogen) atoms. The van der Waals surface area contributed by atoms with Crippen LogP contribution in [0.1, 0.15) is 25.7 Å². The predicted molar refractivity (Wildman–Crippen MR) is 116 cm³/mol. The van der Waals surface area contributed by atoms with E-state index in [-0.39, 0.29) is 36.0 Å². The van der Waals surface area contributed by atoms with Crippen molar-refractivity contribution in [3.63, 3.8) is 0 Å². The van der Waals surface area contributed by atoms with Gasteiger partial charge in [-0.2, -0.15) is 0 Å². The zero-order chi connectivity index (χ0) is 18.6. The molecule has 2 aliphatic rings. The zero-order valence-electron chi connectivity index (χ0n) is 16.7. The third kappa shape index (κ3) is 8.49. The minimum absolute atomic E-state index is 0. The molecule has 2 saturated heterocycles. The average molecular weight is 498 g/mol. The predicted octanol–water partition coefficient (Wildman–Crippen LogP) is 0.946. The molecule has 1 atom stereocenters. The second-order valence-electron chi connectivity index (χ2n) is 6.60. The van der Waals surface area contributed by atoms with E-state index in [2.05, 4.69) is 15.2 Å². The fourth-order valence-electron chi connectivity index (χ4n) is 3.22. The van der Waals surface area contributed by atoms with Crippen molar-refractivity contribution in [1.29, 1.82) is 0 Å². The van der Waals surface area contributed by atoms with Crippen molar-refractivity contribution < 1.29 is 19.0 Å². The Kier molecular flexibility index (Phi) is 13.0. The summed E-state index contributed by atoms with van der Waals surface area (Å²) in [6, 6.07) is 0. The number of hydrogen-bond donors (Lipinski definition) is 1. The average Bonchev–Trinajstić information content (AvgIpc) is 3.21. The van der Waals surface area contributed by atoms with Gasteiger partial charge in [0.05, 0.1) is 13.2 Å². The molecule has 0 bridgehead atoms. The number of guanidine groups is 1. The topological polar surface area (TPSA) is 75.6 Å². The number of methoxy groups -OCH3 is 1. The molecule has 1 unspecified atom stereocenters. The van der Waals surface area contributed by atoms with Crippen LogP contribution in [0.5, 0.6) is 0 Å². The van der Waals surface area contributed by atoms with Crippen molar-refractivity contribution in [1.82, 2.24) is 15.1 Å². The van der Waals surface area contributed by atoms with E-state index >= 15 is 0 Å². The number of nitrogens with zero attached hydrogens (tertiary/aromatic N) is 3. The van der Waals surface area contributed by atoms with Crippen LogP contribution in [0, 0.1) is 0 Å². The van der Waals surface area contributed by atoms with Crippen LogP contribution in [0.4, 0.5) is 0 Å². The van der Waals surface area contributed by atoms with Crippen molar-refractivity contribution in [3.05, 3.63) is 0 Å². The van der Waals surface area contributed by atoms with Gasteiger partial charge in [-0.15, -0.1) is 24.0 Å². The summed E-state index contributed by atoms with van der Waals surface area (Å²) in [5.74, 6) is 1.06. The number of amides is 1. The summed E-state index contributed by atoms with van der Waals surface area (Å²) in [5, 5.41) is 3.41. The van der Waals surface area contributed by atoms with Gasteiger partial charge in [0.2, 0.25) is 0 Å². The van der Waals surface area contributed by atoms with Gasteiger partial charge in [-0.3, -0.25) is 9.79 Å². The fraction of sp³-hybridized carbons (Fsp3) is 0.889. The standard InChI is InChI=1S/C18H34N4O4.HI/c1-19-18(20-7-3-4-12-25-15-14-24-2)22-10-8-21(9-11-22)17(23)16-6-5-13-26-16;/h16H,3-15H2,1-2H3,(H,19,20);1H. The third-order valence-corrected chi connectivity index (χ3v) is 4.74. The van der Waals surface area contributed by atoms with Gasteiger partial charge in [0.1, 0.15) is 6.10 Å². The maximum absolute atomic E-state index is 12.4. The molecule has 0 spiro atoms. The number of aliphatic imine (C=N–C) groups is 1. The number of halogens is 1. The Bertz CT molecular complexity index is 439. The molecule has 9 heteroatoms. The molecule has 0 aromatic carbocycles. The van der Waals surface area contributed by atoms with Crippen LogP contribution in [0.15, 0.2) is 4.99 Å². The minimum Gasteiger partial charge on any atom is -0.382 e. The number of carbonyl (C=O) groups excluding carboxylic acids is 1. The molecule has 0 radical (unpaired) electrons. The van der Waals surface area contributed by atoms with Gasteiger partial charge in [0, 0.05) is 60.1 Å². The van der Waals surface area contributed by atoms with Crippen LogP contribution in [-0.2, 0) is 19.0 Å². The second-order valence-corrected chi connectivity index (χ2v) is 6.60. The number of hydrogen-bond acceptors (Lipinski definition) is 5. The molecule has 158 valence electrons. The molecule has 2 heterocycles. The van der Waals surface area contributed by atoms with Gasteiger partial charge >= 0.3 is 0 Å². The molecule has 1 amide bonds. The summed E-state index contributed by atoms with van der Waals surface area (Å²) in [6.45, 7) is 6.70. The van der Waals surface area contributed by atoms with Crippen molar-refractivity contribution in [2.24, 2.45) is 4.99 Å². The van der Waals surface area contributed by atoms with E-state index in [0.29, 0.717) is 19.8 Å². The fourth-order valence-corrected chi connectivity index (χ4v) is 3.22. The van der Waals surface area contributed by atoms with Crippen LogP contribution in [0.25, 0.3) is 0 Å². The van der Waals surface area contributed by atoms with Gasteiger partial charge in [0.25, 0.3) is 5.91 Å². The third-order valence-electron chi connectivity index (χ3n) is 4.74. The zero-order valence-corrected chi connectivity index (χ0v) is 19.0. The van der Waals surface area contributed by atoms with E-state index in [1.165, 1.54) is 0 Å². The highest BCUT2D eigenvalue weighted by atomic mass is 127. The molecule has 1 N–H and O–H groups in total. The van der Waals surface area contributed by atoms with Crippen molar-refractivity contribution in [2.45, 2.75) is 31.8 Å². The van der Waals surface area contributed by atoms with E-state index in [1.807, 2.05) is 4.90 Å². The Morgan fingerprint density at radius 1 is 1.15 bits per heavy atom. The Morgan fingerprint density at radius 2 is 1.89 bits per heavy atom. The SMILES string of the molecule is CN=C(NCCCCOCCOC)N1CCN(C(=O)C2CCCO2)CC1.I. The normalized spacial score (nSPS) is 20.5. The van der Waals surface area contributed by atoms with Crippen molar-refractivity contribution in [2.75, 3.05) is 73.3 Å². The van der Waals surface area contributed by atoms with Crippen molar-refractivity contribution in [3.8, 4) is 0 Å². The summed E-state index contributed by atoms with van der Waals surface area (Å²) >= 11 is 0. The molecule has 0 aromatic rings. The molecular weight excluding hydrogens is 463 g/mol. The number of carbonyl (C=O) groups is 1. The molecule has 8 nitrogen and oxygen atoms in total. The number of piperazine rings is 1. The van der Waals surface area contributed by atoms with E-state index in [1.54, 1.807) is 14.2 Å². The van der Waals surface area contributed by atoms with Crippen LogP contribution >= 0.6 is 24.0 Å². The van der Waals surface area contributed by atoms with E-state index in [0.717, 1.165) is 71.0 Å². The Balaban J connectivity index is 0.00000364. The highest BCUT2D eigenvalue weighted by Gasteiger charge is 2.30. The van der Waals surface area contributed by atoms with Gasteiger partial charge in [-0.25, -0.2) is 0 Å². The first-order valence-electron chi connectivity index (χ1n) is 9.69. The summed E-state index contributed by atoms with van der Waals surface area (Å²) in [5.41, 5.74) is 0. The van der Waals surface area contributed by atoms with E-state index in [9.17, 15) is 4.79 Å². The maximum atomic E-state index is 12.4. The molecule has 0 aromatic heterocycles. The highest BCUT2D eigenvalue weighted by Crippen LogP contribution is 2.16. The first kappa shape index (κ1) is 24.4.